The molecular weight excluding hydrogens is 468 g/mol. The number of para-hydroxylation sites is 1. The summed E-state index contributed by atoms with van der Waals surface area (Å²) < 4.78 is 9.14. The lowest BCUT2D eigenvalue weighted by atomic mass is 9.96. The highest BCUT2D eigenvalue weighted by Crippen LogP contribution is 2.33. The molecule has 174 valence electrons. The van der Waals surface area contributed by atoms with Gasteiger partial charge in [-0.3, -0.25) is 9.36 Å². The number of ether oxygens (including phenoxy) is 1. The van der Waals surface area contributed by atoms with Crippen LogP contribution in [0.4, 0.5) is 0 Å². The minimum Gasteiger partial charge on any atom is -0.394 e. The molecule has 0 unspecified atom stereocenters. The Balaban J connectivity index is 1.92. The molecular formula is C22H23ClN4O5S. The smallest absolute Gasteiger partial charge is 0.217 e. The third-order valence-corrected chi connectivity index (χ3v) is 6.14. The standard InChI is InChI=1S/C22H23ClN4O5S/c1-12(29)24-17-19(31)18(30)16(11-28)32-21(17)27-22(33)26(13-7-3-2-4-8-13)20(25-27)14-9-5-6-10-15(14)23/h2-10,16-19,21,28,30-31H,11H2,1H3,(H,24,29)/t16-,17+,18+,19+,21-/m0/s1. The van der Waals surface area contributed by atoms with Crippen LogP contribution in [0.2, 0.25) is 5.02 Å². The monoisotopic (exact) mass is 490 g/mol. The maximum atomic E-state index is 11.8. The van der Waals surface area contributed by atoms with Gasteiger partial charge in [0.15, 0.2) is 12.1 Å². The average molecular weight is 491 g/mol. The molecule has 33 heavy (non-hydrogen) atoms. The van der Waals surface area contributed by atoms with Gasteiger partial charge in [-0.15, -0.1) is 5.10 Å². The summed E-state index contributed by atoms with van der Waals surface area (Å²) in [6.45, 7) is 0.733. The summed E-state index contributed by atoms with van der Waals surface area (Å²) in [4.78, 5) is 11.8. The lowest BCUT2D eigenvalue weighted by molar-refractivity contribution is -0.219. The van der Waals surface area contributed by atoms with Gasteiger partial charge >= 0.3 is 0 Å². The lowest BCUT2D eigenvalue weighted by Crippen LogP contribution is -2.62. The predicted molar refractivity (Wildman–Crippen MR) is 123 cm³/mol. The number of carbonyl (C=O) groups is 1. The molecule has 0 aliphatic carbocycles. The molecule has 1 aromatic heterocycles. The summed E-state index contributed by atoms with van der Waals surface area (Å²) >= 11 is 12.2. The molecule has 9 nitrogen and oxygen atoms in total. The van der Waals surface area contributed by atoms with Crippen molar-refractivity contribution in [1.29, 1.82) is 0 Å². The molecule has 4 rings (SSSR count). The van der Waals surface area contributed by atoms with Crippen molar-refractivity contribution in [3.8, 4) is 17.1 Å². The number of aliphatic hydroxyl groups excluding tert-OH is 3. The number of amides is 1. The van der Waals surface area contributed by atoms with Gasteiger partial charge in [-0.05, 0) is 36.5 Å². The Kier molecular flexibility index (Phi) is 6.94. The summed E-state index contributed by atoms with van der Waals surface area (Å²) in [6, 6.07) is 15.3. The zero-order valence-corrected chi connectivity index (χ0v) is 19.1. The number of carbonyl (C=O) groups excluding carboxylic acids is 1. The second-order valence-electron chi connectivity index (χ2n) is 7.66. The van der Waals surface area contributed by atoms with Crippen molar-refractivity contribution in [3.05, 3.63) is 64.4 Å². The zero-order chi connectivity index (χ0) is 23.7. The number of nitrogens with zero attached hydrogens (tertiary/aromatic N) is 3. The van der Waals surface area contributed by atoms with Crippen LogP contribution in [0.3, 0.4) is 0 Å². The largest absolute Gasteiger partial charge is 0.394 e. The number of aliphatic hydroxyl groups is 3. The Morgan fingerprint density at radius 2 is 1.82 bits per heavy atom. The Morgan fingerprint density at radius 1 is 1.15 bits per heavy atom. The van der Waals surface area contributed by atoms with Gasteiger partial charge in [0.2, 0.25) is 10.7 Å². The van der Waals surface area contributed by atoms with Gasteiger partial charge in [-0.25, -0.2) is 4.68 Å². The van der Waals surface area contributed by atoms with Gasteiger partial charge in [-0.2, -0.15) is 0 Å². The molecule has 0 bridgehead atoms. The second kappa shape index (κ2) is 9.72. The van der Waals surface area contributed by atoms with Crippen LogP contribution in [0.5, 0.6) is 0 Å². The van der Waals surface area contributed by atoms with Crippen LogP contribution in [-0.2, 0) is 9.53 Å². The maximum absolute atomic E-state index is 11.8. The van der Waals surface area contributed by atoms with Gasteiger partial charge in [-0.1, -0.05) is 41.9 Å². The van der Waals surface area contributed by atoms with E-state index in [1.807, 2.05) is 36.4 Å². The van der Waals surface area contributed by atoms with E-state index in [0.717, 1.165) is 5.69 Å². The van der Waals surface area contributed by atoms with E-state index in [9.17, 15) is 20.1 Å². The Morgan fingerprint density at radius 3 is 2.45 bits per heavy atom. The molecule has 0 radical (unpaired) electrons. The second-order valence-corrected chi connectivity index (χ2v) is 8.43. The van der Waals surface area contributed by atoms with Gasteiger partial charge in [0.1, 0.15) is 24.4 Å². The molecule has 1 fully saturated rings. The van der Waals surface area contributed by atoms with E-state index in [1.165, 1.54) is 11.6 Å². The molecule has 0 spiro atoms. The Hall–Kier alpha value is -2.60. The molecule has 4 N–H and O–H groups in total. The first kappa shape index (κ1) is 23.6. The fourth-order valence-corrected chi connectivity index (χ4v) is 4.43. The average Bonchev–Trinajstić information content (AvgIpc) is 3.14. The first-order chi connectivity index (χ1) is 15.8. The van der Waals surface area contributed by atoms with Crippen molar-refractivity contribution >= 4 is 29.7 Å². The van der Waals surface area contributed by atoms with E-state index in [1.54, 1.807) is 22.8 Å². The third-order valence-electron chi connectivity index (χ3n) is 5.44. The van der Waals surface area contributed by atoms with Crippen LogP contribution in [0.15, 0.2) is 54.6 Å². The molecule has 2 aromatic carbocycles. The molecule has 3 aromatic rings. The SMILES string of the molecule is CC(=O)N[C@@H]1[C@@H](O)[C@H](O)[C@H](CO)O[C@@H]1n1nc(-c2ccccc2Cl)n(-c2ccccc2)c1=S. The minimum absolute atomic E-state index is 0.205. The minimum atomic E-state index is -1.43. The fourth-order valence-electron chi connectivity index (χ4n) is 3.87. The van der Waals surface area contributed by atoms with Crippen LogP contribution in [0.25, 0.3) is 17.1 Å². The summed E-state index contributed by atoms with van der Waals surface area (Å²) in [5.74, 6) is -0.0224. The summed E-state index contributed by atoms with van der Waals surface area (Å²) in [5, 5.41) is 38.4. The molecule has 1 aliphatic heterocycles. The first-order valence-corrected chi connectivity index (χ1v) is 11.0. The molecule has 0 saturated carbocycles. The van der Waals surface area contributed by atoms with Crippen LogP contribution < -0.4 is 5.32 Å². The van der Waals surface area contributed by atoms with Crippen molar-refractivity contribution in [2.75, 3.05) is 6.61 Å². The topological polar surface area (TPSA) is 122 Å². The number of nitrogens with one attached hydrogen (secondary N) is 1. The first-order valence-electron chi connectivity index (χ1n) is 10.2. The highest BCUT2D eigenvalue weighted by atomic mass is 35.5. The Labute approximate surface area is 199 Å². The third kappa shape index (κ3) is 4.45. The van der Waals surface area contributed by atoms with Gasteiger partial charge < -0.3 is 25.4 Å². The number of halogens is 1. The van der Waals surface area contributed by atoms with Crippen molar-refractivity contribution in [1.82, 2.24) is 19.7 Å². The summed E-state index contributed by atoms with van der Waals surface area (Å²) in [7, 11) is 0. The van der Waals surface area contributed by atoms with Gasteiger partial charge in [0.25, 0.3) is 0 Å². The van der Waals surface area contributed by atoms with E-state index < -0.39 is 43.1 Å². The summed E-state index contributed by atoms with van der Waals surface area (Å²) in [6.07, 6.45) is -5.07. The van der Waals surface area contributed by atoms with Gasteiger partial charge in [0, 0.05) is 18.2 Å². The fraction of sp³-hybridized carbons (Fsp3) is 0.318. The van der Waals surface area contributed by atoms with E-state index in [4.69, 9.17) is 28.6 Å². The van der Waals surface area contributed by atoms with Crippen molar-refractivity contribution in [2.24, 2.45) is 0 Å². The number of hydrogen-bond acceptors (Lipinski definition) is 7. The Bertz CT molecular complexity index is 1200. The molecule has 2 heterocycles. The molecule has 1 saturated heterocycles. The highest BCUT2D eigenvalue weighted by Gasteiger charge is 2.46. The maximum Gasteiger partial charge on any atom is 0.217 e. The van der Waals surface area contributed by atoms with Crippen molar-refractivity contribution in [2.45, 2.75) is 37.5 Å². The van der Waals surface area contributed by atoms with E-state index in [2.05, 4.69) is 10.4 Å². The number of hydrogen-bond donors (Lipinski definition) is 4. The molecule has 1 amide bonds. The quantitative estimate of drug-likeness (QED) is 0.402. The van der Waals surface area contributed by atoms with E-state index >= 15 is 0 Å². The predicted octanol–water partition coefficient (Wildman–Crippen LogP) is 1.84. The molecule has 11 heteroatoms. The van der Waals surface area contributed by atoms with Crippen LogP contribution >= 0.6 is 23.8 Å². The summed E-state index contributed by atoms with van der Waals surface area (Å²) in [5.41, 5.74) is 1.33. The van der Waals surface area contributed by atoms with Crippen LogP contribution in [-0.4, -0.2) is 66.5 Å². The molecule has 5 atom stereocenters. The van der Waals surface area contributed by atoms with Crippen molar-refractivity contribution < 1.29 is 24.9 Å². The molecule has 1 aliphatic rings. The van der Waals surface area contributed by atoms with Crippen molar-refractivity contribution in [3.63, 3.8) is 0 Å². The zero-order valence-electron chi connectivity index (χ0n) is 17.6. The number of benzene rings is 2. The highest BCUT2D eigenvalue weighted by molar-refractivity contribution is 7.71. The van der Waals surface area contributed by atoms with Gasteiger partial charge in [0.05, 0.1) is 11.6 Å². The van der Waals surface area contributed by atoms with Crippen LogP contribution in [0.1, 0.15) is 13.2 Å². The number of aromatic nitrogens is 3. The van der Waals surface area contributed by atoms with Crippen LogP contribution in [0, 0.1) is 4.77 Å². The normalized spacial score (nSPS) is 25.1. The lowest BCUT2D eigenvalue weighted by Gasteiger charge is -2.42. The number of rotatable bonds is 5. The van der Waals surface area contributed by atoms with E-state index in [-0.39, 0.29) is 4.77 Å². The van der Waals surface area contributed by atoms with E-state index in [0.29, 0.717) is 16.4 Å².